The minimum atomic E-state index is 1.10. The Labute approximate surface area is 63.0 Å². The normalized spacial score (nSPS) is 52.2. The molecule has 0 aromatic rings. The molecular formula is C10H15. The van der Waals surface area contributed by atoms with Crippen molar-refractivity contribution in [3.63, 3.8) is 0 Å². The van der Waals surface area contributed by atoms with Crippen molar-refractivity contribution in [2.24, 2.45) is 17.8 Å². The van der Waals surface area contributed by atoms with Crippen LogP contribution in [0.15, 0.2) is 0 Å². The molecule has 3 unspecified atom stereocenters. The van der Waals surface area contributed by atoms with Gasteiger partial charge in [-0.3, -0.25) is 0 Å². The Hall–Kier alpha value is 0. The highest BCUT2D eigenvalue weighted by atomic mass is 14.5. The quantitative estimate of drug-likeness (QED) is 0.479. The third kappa shape index (κ3) is 0.580. The molecule has 0 saturated heterocycles. The van der Waals surface area contributed by atoms with Crippen molar-refractivity contribution in [1.82, 2.24) is 0 Å². The highest BCUT2D eigenvalue weighted by Crippen LogP contribution is 2.56. The summed E-state index contributed by atoms with van der Waals surface area (Å²) in [5, 5.41) is 0. The van der Waals surface area contributed by atoms with Gasteiger partial charge in [0.2, 0.25) is 0 Å². The lowest BCUT2D eigenvalue weighted by Gasteiger charge is -2.25. The minimum Gasteiger partial charge on any atom is -0.0499 e. The van der Waals surface area contributed by atoms with Gasteiger partial charge in [0.15, 0.2) is 0 Å². The van der Waals surface area contributed by atoms with Crippen molar-refractivity contribution in [3.05, 3.63) is 5.92 Å². The predicted octanol–water partition coefficient (Wildman–Crippen LogP) is 2.79. The Morgan fingerprint density at radius 2 is 2.00 bits per heavy atom. The molecule has 3 aliphatic rings. The Kier molecular flexibility index (Phi) is 1.00. The molecule has 1 radical (unpaired) electrons. The van der Waals surface area contributed by atoms with E-state index in [4.69, 9.17) is 0 Å². The van der Waals surface area contributed by atoms with Gasteiger partial charge in [-0.15, -0.1) is 0 Å². The van der Waals surface area contributed by atoms with Crippen LogP contribution in [0.4, 0.5) is 0 Å². The third-order valence-electron chi connectivity index (χ3n) is 4.08. The molecule has 3 atom stereocenters. The fraction of sp³-hybridized carbons (Fsp3) is 0.900. The van der Waals surface area contributed by atoms with Gasteiger partial charge in [-0.05, 0) is 62.2 Å². The number of hydrogen-bond acceptors (Lipinski definition) is 0. The molecule has 0 N–H and O–H groups in total. The van der Waals surface area contributed by atoms with Gasteiger partial charge in [-0.2, -0.15) is 0 Å². The van der Waals surface area contributed by atoms with Crippen LogP contribution in [0.3, 0.4) is 0 Å². The number of fused-ring (bicyclic) bond motifs is 6. The van der Waals surface area contributed by atoms with Crippen LogP contribution in [0, 0.1) is 23.7 Å². The smallest absolute Gasteiger partial charge is 0.0207 e. The molecular weight excluding hydrogens is 120 g/mol. The molecule has 0 spiro atoms. The lowest BCUT2D eigenvalue weighted by Crippen LogP contribution is -2.15. The molecule has 0 heterocycles. The highest BCUT2D eigenvalue weighted by molar-refractivity contribution is 5.12. The Morgan fingerprint density at radius 3 is 3.00 bits per heavy atom. The maximum absolute atomic E-state index is 1.96. The average molecular weight is 135 g/mol. The maximum Gasteiger partial charge on any atom is -0.0207 e. The summed E-state index contributed by atoms with van der Waals surface area (Å²) in [7, 11) is 0. The monoisotopic (exact) mass is 135 g/mol. The molecule has 4 bridgehead atoms. The van der Waals surface area contributed by atoms with Crippen LogP contribution >= 0.6 is 0 Å². The zero-order chi connectivity index (χ0) is 6.55. The van der Waals surface area contributed by atoms with Crippen molar-refractivity contribution in [1.29, 1.82) is 0 Å². The first-order valence-corrected chi connectivity index (χ1v) is 4.78. The number of rotatable bonds is 0. The molecule has 3 fully saturated rings. The van der Waals surface area contributed by atoms with Gasteiger partial charge in [0.1, 0.15) is 0 Å². The second-order valence-corrected chi connectivity index (χ2v) is 4.43. The first-order chi connectivity index (χ1) is 4.93. The van der Waals surface area contributed by atoms with E-state index in [2.05, 4.69) is 0 Å². The standard InChI is InChI=1S/C10H15/c1-2-8-5-7(1)9-3-4-10(8)6-9/h7-9H,1-6H2. The second-order valence-electron chi connectivity index (χ2n) is 4.43. The van der Waals surface area contributed by atoms with E-state index in [0.717, 1.165) is 17.8 Å². The van der Waals surface area contributed by atoms with Crippen molar-refractivity contribution >= 4 is 0 Å². The van der Waals surface area contributed by atoms with Crippen molar-refractivity contribution in [2.75, 3.05) is 0 Å². The first kappa shape index (κ1) is 5.62. The molecule has 0 aromatic heterocycles. The van der Waals surface area contributed by atoms with E-state index >= 15 is 0 Å². The lowest BCUT2D eigenvalue weighted by molar-refractivity contribution is 0.313. The van der Waals surface area contributed by atoms with Crippen LogP contribution in [0.1, 0.15) is 38.5 Å². The average Bonchev–Trinajstić information content (AvgIpc) is 2.41. The fourth-order valence-corrected chi connectivity index (χ4v) is 3.50. The summed E-state index contributed by atoms with van der Waals surface area (Å²) in [5.41, 5.74) is 0. The van der Waals surface area contributed by atoms with E-state index in [0.29, 0.717) is 0 Å². The maximum atomic E-state index is 1.96. The summed E-state index contributed by atoms with van der Waals surface area (Å²) >= 11 is 0. The summed E-state index contributed by atoms with van der Waals surface area (Å²) in [6, 6.07) is 0. The van der Waals surface area contributed by atoms with E-state index in [-0.39, 0.29) is 0 Å². The molecule has 0 nitrogen and oxygen atoms in total. The summed E-state index contributed by atoms with van der Waals surface area (Å²) < 4.78 is 0. The molecule has 3 rings (SSSR count). The predicted molar refractivity (Wildman–Crippen MR) is 41.4 cm³/mol. The third-order valence-corrected chi connectivity index (χ3v) is 4.08. The minimum absolute atomic E-state index is 1.10. The zero-order valence-corrected chi connectivity index (χ0v) is 6.47. The molecule has 3 aliphatic carbocycles. The van der Waals surface area contributed by atoms with Gasteiger partial charge in [0.25, 0.3) is 0 Å². The SMILES string of the molecule is C1CC2C[C]1C1CCC2C1. The van der Waals surface area contributed by atoms with Crippen LogP contribution in [0.5, 0.6) is 0 Å². The van der Waals surface area contributed by atoms with Gasteiger partial charge in [-0.1, -0.05) is 0 Å². The Morgan fingerprint density at radius 1 is 1.00 bits per heavy atom. The molecule has 10 heavy (non-hydrogen) atoms. The molecule has 0 aliphatic heterocycles. The number of hydrogen-bond donors (Lipinski definition) is 0. The van der Waals surface area contributed by atoms with Gasteiger partial charge in [0.05, 0.1) is 0 Å². The summed E-state index contributed by atoms with van der Waals surface area (Å²) in [6.07, 6.45) is 9.30. The lowest BCUT2D eigenvalue weighted by atomic mass is 9.80. The molecule has 0 aromatic carbocycles. The molecule has 3 saturated carbocycles. The van der Waals surface area contributed by atoms with Crippen LogP contribution < -0.4 is 0 Å². The Bertz CT molecular complexity index is 116. The van der Waals surface area contributed by atoms with Crippen molar-refractivity contribution in [3.8, 4) is 0 Å². The van der Waals surface area contributed by atoms with Gasteiger partial charge >= 0.3 is 0 Å². The summed E-state index contributed by atoms with van der Waals surface area (Å²) in [5.74, 6) is 5.37. The van der Waals surface area contributed by atoms with Gasteiger partial charge in [-0.25, -0.2) is 0 Å². The largest absolute Gasteiger partial charge is 0.0499 e. The van der Waals surface area contributed by atoms with Crippen LogP contribution in [-0.4, -0.2) is 0 Å². The summed E-state index contributed by atoms with van der Waals surface area (Å²) in [4.78, 5) is 0. The van der Waals surface area contributed by atoms with E-state index < -0.39 is 0 Å². The van der Waals surface area contributed by atoms with E-state index in [1.165, 1.54) is 12.8 Å². The fourth-order valence-electron chi connectivity index (χ4n) is 3.50. The van der Waals surface area contributed by atoms with Crippen LogP contribution in [-0.2, 0) is 0 Å². The van der Waals surface area contributed by atoms with E-state index in [1.807, 2.05) is 5.92 Å². The highest BCUT2D eigenvalue weighted by Gasteiger charge is 2.45. The topological polar surface area (TPSA) is 0 Å². The van der Waals surface area contributed by atoms with Crippen molar-refractivity contribution in [2.45, 2.75) is 38.5 Å². The van der Waals surface area contributed by atoms with Crippen molar-refractivity contribution < 1.29 is 0 Å². The molecule has 0 amide bonds. The van der Waals surface area contributed by atoms with Crippen LogP contribution in [0.2, 0.25) is 0 Å². The zero-order valence-electron chi connectivity index (χ0n) is 6.47. The van der Waals surface area contributed by atoms with Gasteiger partial charge < -0.3 is 0 Å². The first-order valence-electron chi connectivity index (χ1n) is 4.78. The summed E-state index contributed by atoms with van der Waals surface area (Å²) in [6.45, 7) is 0. The Balaban J connectivity index is 1.94. The van der Waals surface area contributed by atoms with Crippen LogP contribution in [0.25, 0.3) is 0 Å². The molecule has 0 heteroatoms. The van der Waals surface area contributed by atoms with E-state index in [9.17, 15) is 0 Å². The second kappa shape index (κ2) is 1.78. The van der Waals surface area contributed by atoms with E-state index in [1.54, 1.807) is 25.7 Å². The molecule has 55 valence electrons. The van der Waals surface area contributed by atoms with Gasteiger partial charge in [0, 0.05) is 0 Å².